The number of hydrogen-bond acceptors (Lipinski definition) is 4. The molecule has 6 nitrogen and oxygen atoms in total. The lowest BCUT2D eigenvalue weighted by molar-refractivity contribution is 0.0756. The molecule has 0 atom stereocenters. The molecule has 3 rings (SSSR count). The summed E-state index contributed by atoms with van der Waals surface area (Å²) in [5.74, 6) is 0.336. The molecule has 150 valence electrons. The third-order valence-corrected chi connectivity index (χ3v) is 8.00. The van der Waals surface area contributed by atoms with Crippen molar-refractivity contribution in [2.24, 2.45) is 4.99 Å². The first-order valence-corrected chi connectivity index (χ1v) is 11.2. The molecule has 1 saturated heterocycles. The quantitative estimate of drug-likeness (QED) is 0.563. The molecule has 0 unspecified atom stereocenters. The van der Waals surface area contributed by atoms with Crippen molar-refractivity contribution in [1.82, 2.24) is 10.6 Å². The van der Waals surface area contributed by atoms with E-state index in [0.717, 1.165) is 18.4 Å². The molecule has 1 heterocycles. The highest BCUT2D eigenvalue weighted by atomic mass is 32.2. The van der Waals surface area contributed by atoms with Crippen LogP contribution >= 0.6 is 0 Å². The molecule has 0 spiro atoms. The number of aliphatic imine (C=N–C) groups is 1. The van der Waals surface area contributed by atoms with Crippen molar-refractivity contribution in [3.05, 3.63) is 35.6 Å². The molecule has 2 N–H and O–H groups in total. The molecule has 0 bridgehead atoms. The molecule has 0 aromatic heterocycles. The average molecular weight is 398 g/mol. The summed E-state index contributed by atoms with van der Waals surface area (Å²) < 4.78 is 42.8. The SMILES string of the molecule is CN=C(NCC1(c2cccc(F)c2)CC1)NCC1(S(C)(=O)=O)CCOCC1. The molecule has 27 heavy (non-hydrogen) atoms. The van der Waals surface area contributed by atoms with E-state index in [4.69, 9.17) is 4.74 Å². The Hall–Kier alpha value is -1.67. The highest BCUT2D eigenvalue weighted by molar-refractivity contribution is 7.92. The van der Waals surface area contributed by atoms with Crippen molar-refractivity contribution < 1.29 is 17.5 Å². The molecule has 1 aromatic carbocycles. The number of hydrogen-bond donors (Lipinski definition) is 2. The van der Waals surface area contributed by atoms with E-state index in [1.165, 1.54) is 12.3 Å². The van der Waals surface area contributed by atoms with E-state index in [1.54, 1.807) is 19.2 Å². The van der Waals surface area contributed by atoms with Gasteiger partial charge in [0.05, 0.1) is 4.75 Å². The largest absolute Gasteiger partial charge is 0.381 e. The van der Waals surface area contributed by atoms with Crippen molar-refractivity contribution in [1.29, 1.82) is 0 Å². The Kier molecular flexibility index (Phi) is 5.76. The topological polar surface area (TPSA) is 79.8 Å². The fourth-order valence-electron chi connectivity index (χ4n) is 3.68. The number of benzene rings is 1. The zero-order valence-electron chi connectivity index (χ0n) is 15.9. The molecular formula is C19H28FN3O3S. The number of sulfone groups is 1. The van der Waals surface area contributed by atoms with Gasteiger partial charge in [0.25, 0.3) is 0 Å². The summed E-state index contributed by atoms with van der Waals surface area (Å²) in [6, 6.07) is 6.73. The van der Waals surface area contributed by atoms with E-state index in [-0.39, 0.29) is 11.2 Å². The first-order chi connectivity index (χ1) is 12.8. The zero-order chi connectivity index (χ0) is 19.5. The van der Waals surface area contributed by atoms with Crippen molar-refractivity contribution in [2.75, 3.05) is 39.6 Å². The van der Waals surface area contributed by atoms with Gasteiger partial charge in [-0.3, -0.25) is 4.99 Å². The molecule has 1 aliphatic carbocycles. The summed E-state index contributed by atoms with van der Waals surface area (Å²) >= 11 is 0. The predicted octanol–water partition coefficient (Wildman–Crippen LogP) is 1.62. The molecule has 2 fully saturated rings. The summed E-state index contributed by atoms with van der Waals surface area (Å²) in [7, 11) is -1.58. The molecular weight excluding hydrogens is 369 g/mol. The monoisotopic (exact) mass is 397 g/mol. The minimum atomic E-state index is -3.24. The Morgan fingerprint density at radius 1 is 1.19 bits per heavy atom. The molecule has 8 heteroatoms. The van der Waals surface area contributed by atoms with E-state index in [0.29, 0.717) is 45.1 Å². The van der Waals surface area contributed by atoms with Crippen LogP contribution in [-0.2, 0) is 20.0 Å². The van der Waals surface area contributed by atoms with Gasteiger partial charge < -0.3 is 15.4 Å². The van der Waals surface area contributed by atoms with Crippen LogP contribution in [0.25, 0.3) is 0 Å². The average Bonchev–Trinajstić information content (AvgIpc) is 3.43. The van der Waals surface area contributed by atoms with Gasteiger partial charge in [-0.25, -0.2) is 12.8 Å². The standard InChI is InChI=1S/C19H28FN3O3S/c1-21-17(23-14-19(27(2,24)25)8-10-26-11-9-19)22-13-18(6-7-18)15-4-3-5-16(20)12-15/h3-5,12H,6-11,13-14H2,1-2H3,(H2,21,22,23). The summed E-state index contributed by atoms with van der Waals surface area (Å²) in [6.45, 7) is 1.82. The summed E-state index contributed by atoms with van der Waals surface area (Å²) in [4.78, 5) is 4.22. The van der Waals surface area contributed by atoms with E-state index >= 15 is 0 Å². The maximum atomic E-state index is 13.5. The Morgan fingerprint density at radius 3 is 2.41 bits per heavy atom. The number of guanidine groups is 1. The second-order valence-corrected chi connectivity index (χ2v) is 10.0. The van der Waals surface area contributed by atoms with E-state index < -0.39 is 14.6 Å². The summed E-state index contributed by atoms with van der Waals surface area (Å²) in [5, 5.41) is 6.47. The first-order valence-electron chi connectivity index (χ1n) is 9.28. The Bertz CT molecular complexity index is 800. The van der Waals surface area contributed by atoms with Gasteiger partial charge >= 0.3 is 0 Å². The van der Waals surface area contributed by atoms with Gasteiger partial charge in [0.15, 0.2) is 15.8 Å². The molecule has 0 amide bonds. The third kappa shape index (κ3) is 4.43. The van der Waals surface area contributed by atoms with Gasteiger partial charge in [0, 0.05) is 45.0 Å². The van der Waals surface area contributed by atoms with Gasteiger partial charge in [-0.05, 0) is 43.4 Å². The number of rotatable bonds is 6. The summed E-state index contributed by atoms with van der Waals surface area (Å²) in [6.07, 6.45) is 4.22. The van der Waals surface area contributed by atoms with Crippen LogP contribution in [0, 0.1) is 5.82 Å². The fourth-order valence-corrected chi connectivity index (χ4v) is 4.92. The lowest BCUT2D eigenvalue weighted by Gasteiger charge is -2.36. The second-order valence-electron chi connectivity index (χ2n) is 7.64. The molecule has 2 aliphatic rings. The second kappa shape index (κ2) is 7.75. The highest BCUT2D eigenvalue weighted by Gasteiger charge is 2.45. The first kappa shape index (κ1) is 20.1. The van der Waals surface area contributed by atoms with Crippen LogP contribution in [0.2, 0.25) is 0 Å². The van der Waals surface area contributed by atoms with Crippen LogP contribution in [0.15, 0.2) is 29.3 Å². The van der Waals surface area contributed by atoms with E-state index in [1.807, 2.05) is 6.07 Å². The summed E-state index contributed by atoms with van der Waals surface area (Å²) in [5.41, 5.74) is 0.912. The molecule has 0 radical (unpaired) electrons. The van der Waals surface area contributed by atoms with Gasteiger partial charge in [0.2, 0.25) is 0 Å². The van der Waals surface area contributed by atoms with Gasteiger partial charge in [-0.15, -0.1) is 0 Å². The lowest BCUT2D eigenvalue weighted by Crippen LogP contribution is -2.54. The van der Waals surface area contributed by atoms with Crippen LogP contribution < -0.4 is 10.6 Å². The van der Waals surface area contributed by atoms with E-state index in [9.17, 15) is 12.8 Å². The predicted molar refractivity (Wildman–Crippen MR) is 104 cm³/mol. The van der Waals surface area contributed by atoms with Gasteiger partial charge in [-0.2, -0.15) is 0 Å². The van der Waals surface area contributed by atoms with Crippen LogP contribution in [-0.4, -0.2) is 58.7 Å². The number of nitrogens with one attached hydrogen (secondary N) is 2. The van der Waals surface area contributed by atoms with E-state index in [2.05, 4.69) is 15.6 Å². The van der Waals surface area contributed by atoms with Crippen molar-refractivity contribution in [3.63, 3.8) is 0 Å². The number of halogens is 1. The van der Waals surface area contributed by atoms with Crippen molar-refractivity contribution in [3.8, 4) is 0 Å². The molecule has 1 saturated carbocycles. The minimum Gasteiger partial charge on any atom is -0.381 e. The van der Waals surface area contributed by atoms with Gasteiger partial charge in [0.1, 0.15) is 5.82 Å². The van der Waals surface area contributed by atoms with Gasteiger partial charge in [-0.1, -0.05) is 12.1 Å². The maximum Gasteiger partial charge on any atom is 0.191 e. The normalized spacial score (nSPS) is 21.5. The maximum absolute atomic E-state index is 13.5. The zero-order valence-corrected chi connectivity index (χ0v) is 16.7. The number of ether oxygens (including phenoxy) is 1. The molecule has 1 aromatic rings. The Labute approximate surface area is 160 Å². The van der Waals surface area contributed by atoms with Crippen LogP contribution in [0.5, 0.6) is 0 Å². The van der Waals surface area contributed by atoms with Crippen LogP contribution in [0.3, 0.4) is 0 Å². The highest BCUT2D eigenvalue weighted by Crippen LogP contribution is 2.47. The lowest BCUT2D eigenvalue weighted by atomic mass is 9.96. The third-order valence-electron chi connectivity index (χ3n) is 5.88. The van der Waals surface area contributed by atoms with Crippen molar-refractivity contribution in [2.45, 2.75) is 35.8 Å². The molecule has 1 aliphatic heterocycles. The minimum absolute atomic E-state index is 0.0765. The Balaban J connectivity index is 1.61. The fraction of sp³-hybridized carbons (Fsp3) is 0.632. The van der Waals surface area contributed by atoms with Crippen molar-refractivity contribution >= 4 is 15.8 Å². The number of nitrogens with zero attached hydrogens (tertiary/aromatic N) is 1. The smallest absolute Gasteiger partial charge is 0.191 e. The van der Waals surface area contributed by atoms with Crippen LogP contribution in [0.1, 0.15) is 31.2 Å². The Morgan fingerprint density at radius 2 is 1.85 bits per heavy atom. The van der Waals surface area contributed by atoms with Crippen LogP contribution in [0.4, 0.5) is 4.39 Å².